The van der Waals surface area contributed by atoms with Gasteiger partial charge in [0.1, 0.15) is 23.2 Å². The first-order chi connectivity index (χ1) is 12.8. The molecule has 2 aromatic rings. The highest BCUT2D eigenvalue weighted by molar-refractivity contribution is 5.79. The Morgan fingerprint density at radius 2 is 1.81 bits per heavy atom. The van der Waals surface area contributed by atoms with E-state index in [1.807, 2.05) is 36.9 Å². The Hall–Kier alpha value is -2.76. The molecule has 0 amide bonds. The van der Waals surface area contributed by atoms with Crippen LogP contribution in [0, 0.1) is 22.9 Å². The zero-order valence-corrected chi connectivity index (χ0v) is 15.4. The molecule has 6 heteroatoms. The molecule has 0 radical (unpaired) electrons. The SMILES string of the molecule is CCN1/C(=C\C=N)C(C)(Cc2c(F)cc(F)cc2F)c2cc(OC)ccc21. The molecular formula is C21H21F3N2O. The van der Waals surface area contributed by atoms with Crippen LogP contribution in [0.2, 0.25) is 0 Å². The third-order valence-electron chi connectivity index (χ3n) is 5.14. The van der Waals surface area contributed by atoms with Crippen molar-refractivity contribution < 1.29 is 17.9 Å². The number of nitrogens with one attached hydrogen (secondary N) is 1. The van der Waals surface area contributed by atoms with Gasteiger partial charge in [-0.25, -0.2) is 13.2 Å². The van der Waals surface area contributed by atoms with Crippen LogP contribution in [-0.4, -0.2) is 19.9 Å². The van der Waals surface area contributed by atoms with E-state index in [-0.39, 0.29) is 12.0 Å². The molecule has 27 heavy (non-hydrogen) atoms. The molecule has 142 valence electrons. The number of methoxy groups -OCH3 is 1. The molecule has 0 fully saturated rings. The fourth-order valence-electron chi connectivity index (χ4n) is 3.86. The summed E-state index contributed by atoms with van der Waals surface area (Å²) in [6, 6.07) is 6.97. The van der Waals surface area contributed by atoms with E-state index in [1.165, 1.54) is 0 Å². The smallest absolute Gasteiger partial charge is 0.132 e. The average Bonchev–Trinajstić information content (AvgIpc) is 2.86. The van der Waals surface area contributed by atoms with Gasteiger partial charge in [0.15, 0.2) is 0 Å². The van der Waals surface area contributed by atoms with Crippen molar-refractivity contribution in [1.29, 1.82) is 5.41 Å². The van der Waals surface area contributed by atoms with Gasteiger partial charge in [-0.15, -0.1) is 0 Å². The number of hydrogen-bond donors (Lipinski definition) is 1. The standard InChI is InChI=1S/C21H21F3N2O/c1-4-26-19-6-5-14(27-3)11-16(19)21(2,20(26)7-8-25)12-15-17(23)9-13(22)10-18(15)24/h5-11,25H,4,12H2,1-3H3/b20-7-,25-8?. The van der Waals surface area contributed by atoms with Crippen LogP contribution in [0.25, 0.3) is 0 Å². The lowest BCUT2D eigenvalue weighted by atomic mass is 9.76. The van der Waals surface area contributed by atoms with E-state index >= 15 is 0 Å². The Labute approximate surface area is 156 Å². The molecule has 1 aliphatic rings. The second-order valence-electron chi connectivity index (χ2n) is 6.70. The van der Waals surface area contributed by atoms with E-state index < -0.39 is 22.9 Å². The molecule has 1 heterocycles. The first-order valence-electron chi connectivity index (χ1n) is 8.66. The van der Waals surface area contributed by atoms with Gasteiger partial charge in [0.05, 0.1) is 7.11 Å². The fourth-order valence-corrected chi connectivity index (χ4v) is 3.86. The molecule has 1 aliphatic heterocycles. The summed E-state index contributed by atoms with van der Waals surface area (Å²) in [6.07, 6.45) is 2.79. The number of rotatable bonds is 5. The van der Waals surface area contributed by atoms with E-state index in [0.29, 0.717) is 24.4 Å². The highest BCUT2D eigenvalue weighted by Gasteiger charge is 2.44. The van der Waals surface area contributed by atoms with E-state index in [4.69, 9.17) is 10.1 Å². The van der Waals surface area contributed by atoms with Crippen LogP contribution in [0.5, 0.6) is 5.75 Å². The number of benzene rings is 2. The van der Waals surface area contributed by atoms with Gasteiger partial charge < -0.3 is 15.0 Å². The number of ether oxygens (including phenoxy) is 1. The van der Waals surface area contributed by atoms with Gasteiger partial charge in [0.25, 0.3) is 0 Å². The maximum Gasteiger partial charge on any atom is 0.132 e. The van der Waals surface area contributed by atoms with Gasteiger partial charge in [0.2, 0.25) is 0 Å². The van der Waals surface area contributed by atoms with E-state index in [2.05, 4.69) is 0 Å². The Kier molecular flexibility index (Phi) is 5.00. The monoisotopic (exact) mass is 374 g/mol. The van der Waals surface area contributed by atoms with Crippen molar-refractivity contribution in [2.24, 2.45) is 0 Å². The highest BCUT2D eigenvalue weighted by atomic mass is 19.1. The topological polar surface area (TPSA) is 36.3 Å². The second kappa shape index (κ2) is 7.10. The van der Waals surface area contributed by atoms with Crippen molar-refractivity contribution in [2.75, 3.05) is 18.6 Å². The molecule has 1 atom stereocenters. The van der Waals surface area contributed by atoms with Crippen LogP contribution in [0.15, 0.2) is 42.1 Å². The number of fused-ring (bicyclic) bond motifs is 1. The number of likely N-dealkylation sites (N-methyl/N-ethyl adjacent to an activating group) is 1. The molecule has 0 saturated carbocycles. The van der Waals surface area contributed by atoms with E-state index in [9.17, 15) is 13.2 Å². The minimum absolute atomic E-state index is 0.0126. The van der Waals surface area contributed by atoms with Crippen molar-refractivity contribution in [2.45, 2.75) is 25.7 Å². The number of allylic oxidation sites excluding steroid dienone is 2. The number of nitrogens with zero attached hydrogens (tertiary/aromatic N) is 1. The average molecular weight is 374 g/mol. The molecule has 1 unspecified atom stereocenters. The van der Waals surface area contributed by atoms with Crippen molar-refractivity contribution in [3.05, 3.63) is 70.7 Å². The van der Waals surface area contributed by atoms with Crippen LogP contribution < -0.4 is 9.64 Å². The van der Waals surface area contributed by atoms with Crippen molar-refractivity contribution in [1.82, 2.24) is 0 Å². The summed E-state index contributed by atoms with van der Waals surface area (Å²) in [7, 11) is 1.55. The van der Waals surface area contributed by atoms with Gasteiger partial charge in [-0.3, -0.25) is 0 Å². The molecule has 1 N–H and O–H groups in total. The summed E-state index contributed by atoms with van der Waals surface area (Å²) >= 11 is 0. The molecule has 3 nitrogen and oxygen atoms in total. The predicted octanol–water partition coefficient (Wildman–Crippen LogP) is 4.99. The van der Waals surface area contributed by atoms with Crippen LogP contribution in [0.1, 0.15) is 25.0 Å². The highest BCUT2D eigenvalue weighted by Crippen LogP contribution is 2.50. The Morgan fingerprint density at radius 1 is 1.15 bits per heavy atom. The number of halogens is 3. The van der Waals surface area contributed by atoms with Gasteiger partial charge >= 0.3 is 0 Å². The number of hydrogen-bond acceptors (Lipinski definition) is 3. The summed E-state index contributed by atoms with van der Waals surface area (Å²) in [4.78, 5) is 2.01. The molecule has 3 rings (SSSR count). The summed E-state index contributed by atoms with van der Waals surface area (Å²) in [6.45, 7) is 4.47. The Balaban J connectivity index is 2.22. The summed E-state index contributed by atoms with van der Waals surface area (Å²) < 4.78 is 47.4. The lowest BCUT2D eigenvalue weighted by Gasteiger charge is -2.30. The van der Waals surface area contributed by atoms with E-state index in [0.717, 1.165) is 23.2 Å². The maximum absolute atomic E-state index is 14.4. The maximum atomic E-state index is 14.4. The van der Waals surface area contributed by atoms with Gasteiger partial charge in [-0.2, -0.15) is 0 Å². The third-order valence-corrected chi connectivity index (χ3v) is 5.14. The summed E-state index contributed by atoms with van der Waals surface area (Å²) in [5, 5.41) is 7.54. The molecule has 0 aromatic heterocycles. The van der Waals surface area contributed by atoms with Crippen molar-refractivity contribution >= 4 is 11.9 Å². The molecule has 2 aromatic carbocycles. The minimum atomic E-state index is -0.946. The first-order valence-corrected chi connectivity index (χ1v) is 8.66. The fraction of sp³-hybridized carbons (Fsp3) is 0.286. The van der Waals surface area contributed by atoms with E-state index in [1.54, 1.807) is 13.2 Å². The summed E-state index contributed by atoms with van der Waals surface area (Å²) in [5.41, 5.74) is 1.52. The normalized spacial score (nSPS) is 20.1. The van der Waals surface area contributed by atoms with Crippen LogP contribution >= 0.6 is 0 Å². The molecule has 0 aliphatic carbocycles. The molecule has 0 spiro atoms. The minimum Gasteiger partial charge on any atom is -0.497 e. The zero-order valence-electron chi connectivity index (χ0n) is 15.4. The quantitative estimate of drug-likeness (QED) is 0.749. The molecule has 0 saturated heterocycles. The zero-order chi connectivity index (χ0) is 19.8. The first kappa shape index (κ1) is 19.0. The Bertz CT molecular complexity index is 903. The number of anilines is 1. The lowest BCUT2D eigenvalue weighted by Crippen LogP contribution is -2.31. The largest absolute Gasteiger partial charge is 0.497 e. The van der Waals surface area contributed by atoms with Crippen LogP contribution in [0.3, 0.4) is 0 Å². The Morgan fingerprint density at radius 3 is 2.37 bits per heavy atom. The van der Waals surface area contributed by atoms with Crippen LogP contribution in [0.4, 0.5) is 18.9 Å². The summed E-state index contributed by atoms with van der Waals surface area (Å²) in [5.74, 6) is -2.14. The van der Waals surface area contributed by atoms with Crippen molar-refractivity contribution in [3.8, 4) is 5.75 Å². The lowest BCUT2D eigenvalue weighted by molar-refractivity contribution is 0.413. The van der Waals surface area contributed by atoms with Gasteiger partial charge in [0, 0.05) is 47.3 Å². The van der Waals surface area contributed by atoms with Crippen LogP contribution in [-0.2, 0) is 11.8 Å². The van der Waals surface area contributed by atoms with Gasteiger partial charge in [-0.1, -0.05) is 0 Å². The molecular weight excluding hydrogens is 353 g/mol. The third kappa shape index (κ3) is 3.09. The second-order valence-corrected chi connectivity index (χ2v) is 6.70. The predicted molar refractivity (Wildman–Crippen MR) is 100 cm³/mol. The van der Waals surface area contributed by atoms with Crippen molar-refractivity contribution in [3.63, 3.8) is 0 Å². The van der Waals surface area contributed by atoms with Gasteiger partial charge in [-0.05, 0) is 50.1 Å². The molecule has 0 bridgehead atoms.